The highest BCUT2D eigenvalue weighted by atomic mass is 19.2. The summed E-state index contributed by atoms with van der Waals surface area (Å²) in [6.07, 6.45) is 0.381. The largest absolute Gasteiger partial charge is 0.473 e. The highest BCUT2D eigenvalue weighted by Crippen LogP contribution is 2.19. The Morgan fingerprint density at radius 1 is 1.19 bits per heavy atom. The maximum Gasteiger partial charge on any atom is 0.253 e. The number of ether oxygens (including phenoxy) is 1. The molecule has 0 aliphatic carbocycles. The van der Waals surface area contributed by atoms with Gasteiger partial charge in [-0.2, -0.15) is 9.37 Å². The summed E-state index contributed by atoms with van der Waals surface area (Å²) >= 11 is 0. The molecule has 0 aromatic carbocycles. The number of pyridine rings is 1. The molecule has 1 aromatic rings. The van der Waals surface area contributed by atoms with Crippen molar-refractivity contribution < 1.29 is 17.9 Å². The monoisotopic (exact) mass is 233 g/mol. The number of hydrogen-bond acceptors (Lipinski definition) is 2. The average molecular weight is 233 g/mol. The molecule has 1 unspecified atom stereocenters. The number of hydrogen-bond donors (Lipinski definition) is 0. The minimum Gasteiger partial charge on any atom is -0.473 e. The van der Waals surface area contributed by atoms with Gasteiger partial charge < -0.3 is 4.74 Å². The second kappa shape index (κ2) is 5.18. The second-order valence-electron chi connectivity index (χ2n) is 4.11. The highest BCUT2D eigenvalue weighted by molar-refractivity contribution is 5.15. The Hall–Kier alpha value is -1.26. The summed E-state index contributed by atoms with van der Waals surface area (Å²) in [6, 6.07) is 0.430. The van der Waals surface area contributed by atoms with Crippen LogP contribution in [0.3, 0.4) is 0 Å². The third-order valence-electron chi connectivity index (χ3n) is 1.97. The van der Waals surface area contributed by atoms with Crippen molar-refractivity contribution in [2.75, 3.05) is 0 Å². The predicted octanol–water partition coefficient (Wildman–Crippen LogP) is 3.31. The molecule has 0 saturated carbocycles. The normalized spacial score (nSPS) is 12.9. The number of nitrogens with zero attached hydrogens (tertiary/aromatic N) is 1. The SMILES string of the molecule is CC(C)CC(C)Oc1nc(F)c(F)cc1F. The van der Waals surface area contributed by atoms with Crippen molar-refractivity contribution in [3.05, 3.63) is 23.6 Å². The molecular formula is C11H14F3NO. The van der Waals surface area contributed by atoms with Gasteiger partial charge >= 0.3 is 0 Å². The lowest BCUT2D eigenvalue weighted by atomic mass is 10.1. The molecule has 0 aliphatic heterocycles. The quantitative estimate of drug-likeness (QED) is 0.744. The molecule has 90 valence electrons. The van der Waals surface area contributed by atoms with Gasteiger partial charge in [-0.05, 0) is 19.3 Å². The summed E-state index contributed by atoms with van der Waals surface area (Å²) in [4.78, 5) is 3.08. The first kappa shape index (κ1) is 12.8. The summed E-state index contributed by atoms with van der Waals surface area (Å²) in [5.41, 5.74) is 0. The minimum absolute atomic E-state index is 0.299. The van der Waals surface area contributed by atoms with E-state index in [2.05, 4.69) is 4.98 Å². The van der Waals surface area contributed by atoms with E-state index in [-0.39, 0.29) is 6.10 Å². The van der Waals surface area contributed by atoms with Crippen LogP contribution in [0.5, 0.6) is 5.88 Å². The fourth-order valence-electron chi connectivity index (χ4n) is 1.41. The Labute approximate surface area is 92.5 Å². The zero-order chi connectivity index (χ0) is 12.3. The number of halogens is 3. The van der Waals surface area contributed by atoms with Gasteiger partial charge in [-0.15, -0.1) is 0 Å². The van der Waals surface area contributed by atoms with Crippen LogP contribution in [0, 0.1) is 23.5 Å². The summed E-state index contributed by atoms with van der Waals surface area (Å²) in [7, 11) is 0. The average Bonchev–Trinajstić information content (AvgIpc) is 2.12. The van der Waals surface area contributed by atoms with Crippen molar-refractivity contribution >= 4 is 0 Å². The molecule has 1 rings (SSSR count). The Balaban J connectivity index is 2.77. The summed E-state index contributed by atoms with van der Waals surface area (Å²) < 4.78 is 43.5. The van der Waals surface area contributed by atoms with E-state index < -0.39 is 23.5 Å². The lowest BCUT2D eigenvalue weighted by Gasteiger charge is -2.16. The molecule has 1 atom stereocenters. The molecule has 0 fully saturated rings. The van der Waals surface area contributed by atoms with Crippen LogP contribution in [0.25, 0.3) is 0 Å². The van der Waals surface area contributed by atoms with Crippen molar-refractivity contribution in [2.24, 2.45) is 5.92 Å². The third kappa shape index (κ3) is 3.40. The van der Waals surface area contributed by atoms with Crippen LogP contribution < -0.4 is 4.74 Å². The molecule has 1 heterocycles. The maximum absolute atomic E-state index is 13.1. The topological polar surface area (TPSA) is 22.1 Å². The van der Waals surface area contributed by atoms with E-state index in [1.165, 1.54) is 0 Å². The molecule has 0 radical (unpaired) electrons. The zero-order valence-electron chi connectivity index (χ0n) is 9.43. The fourth-order valence-corrected chi connectivity index (χ4v) is 1.41. The standard InChI is InChI=1S/C11H14F3NO/c1-6(2)4-7(3)16-11-9(13)5-8(12)10(14)15-11/h5-7H,4H2,1-3H3. The second-order valence-corrected chi connectivity index (χ2v) is 4.11. The zero-order valence-corrected chi connectivity index (χ0v) is 9.43. The molecule has 0 N–H and O–H groups in total. The van der Waals surface area contributed by atoms with Gasteiger partial charge in [0.05, 0.1) is 6.10 Å². The molecule has 1 aromatic heterocycles. The summed E-state index contributed by atoms with van der Waals surface area (Å²) in [5.74, 6) is -3.79. The van der Waals surface area contributed by atoms with E-state index in [1.807, 2.05) is 13.8 Å². The molecule has 2 nitrogen and oxygen atoms in total. The minimum atomic E-state index is -1.35. The van der Waals surface area contributed by atoms with Gasteiger partial charge in [0, 0.05) is 6.07 Å². The van der Waals surface area contributed by atoms with E-state index in [9.17, 15) is 13.2 Å². The molecule has 0 amide bonds. The fraction of sp³-hybridized carbons (Fsp3) is 0.545. The van der Waals surface area contributed by atoms with Crippen LogP contribution in [0.15, 0.2) is 6.07 Å². The lowest BCUT2D eigenvalue weighted by molar-refractivity contribution is 0.173. The van der Waals surface area contributed by atoms with E-state index in [1.54, 1.807) is 6.92 Å². The van der Waals surface area contributed by atoms with Crippen LogP contribution in [-0.2, 0) is 0 Å². The molecule has 0 bridgehead atoms. The molecule has 0 aliphatic rings. The Morgan fingerprint density at radius 3 is 2.38 bits per heavy atom. The smallest absolute Gasteiger partial charge is 0.253 e. The van der Waals surface area contributed by atoms with Crippen molar-refractivity contribution in [2.45, 2.75) is 33.3 Å². The molecule has 5 heteroatoms. The third-order valence-corrected chi connectivity index (χ3v) is 1.97. The van der Waals surface area contributed by atoms with Gasteiger partial charge in [-0.1, -0.05) is 13.8 Å². The van der Waals surface area contributed by atoms with E-state index in [0.717, 1.165) is 0 Å². The Morgan fingerprint density at radius 2 is 1.81 bits per heavy atom. The van der Waals surface area contributed by atoms with Gasteiger partial charge in [0.2, 0.25) is 0 Å². The number of rotatable bonds is 4. The molecule has 0 spiro atoms. The van der Waals surface area contributed by atoms with Gasteiger partial charge in [-0.25, -0.2) is 8.78 Å². The summed E-state index contributed by atoms with van der Waals surface area (Å²) in [5, 5.41) is 0. The predicted molar refractivity (Wildman–Crippen MR) is 53.7 cm³/mol. The summed E-state index contributed by atoms with van der Waals surface area (Å²) in [6.45, 7) is 5.69. The van der Waals surface area contributed by atoms with Crippen LogP contribution in [-0.4, -0.2) is 11.1 Å². The van der Waals surface area contributed by atoms with E-state index in [4.69, 9.17) is 4.74 Å². The van der Waals surface area contributed by atoms with E-state index in [0.29, 0.717) is 18.4 Å². The first-order valence-electron chi connectivity index (χ1n) is 5.08. The van der Waals surface area contributed by atoms with Gasteiger partial charge in [0.15, 0.2) is 11.6 Å². The van der Waals surface area contributed by atoms with E-state index >= 15 is 0 Å². The van der Waals surface area contributed by atoms with Crippen molar-refractivity contribution in [3.8, 4) is 5.88 Å². The molecular weight excluding hydrogens is 219 g/mol. The van der Waals surface area contributed by atoms with Crippen molar-refractivity contribution in [1.29, 1.82) is 0 Å². The highest BCUT2D eigenvalue weighted by Gasteiger charge is 2.15. The van der Waals surface area contributed by atoms with Crippen molar-refractivity contribution in [1.82, 2.24) is 4.98 Å². The number of aromatic nitrogens is 1. The van der Waals surface area contributed by atoms with Crippen LogP contribution in [0.1, 0.15) is 27.2 Å². The maximum atomic E-state index is 13.1. The van der Waals surface area contributed by atoms with Crippen molar-refractivity contribution in [3.63, 3.8) is 0 Å². The molecule has 0 saturated heterocycles. The van der Waals surface area contributed by atoms with Gasteiger partial charge in [-0.3, -0.25) is 0 Å². The van der Waals surface area contributed by atoms with Gasteiger partial charge in [0.25, 0.3) is 11.8 Å². The lowest BCUT2D eigenvalue weighted by Crippen LogP contribution is -2.16. The molecule has 16 heavy (non-hydrogen) atoms. The van der Waals surface area contributed by atoms with Crippen LogP contribution in [0.2, 0.25) is 0 Å². The Bertz CT molecular complexity index is 368. The van der Waals surface area contributed by atoms with Crippen LogP contribution in [0.4, 0.5) is 13.2 Å². The first-order chi connectivity index (χ1) is 7.40. The van der Waals surface area contributed by atoms with Gasteiger partial charge in [0.1, 0.15) is 0 Å². The Kier molecular flexibility index (Phi) is 4.15. The first-order valence-corrected chi connectivity index (χ1v) is 5.08. The van der Waals surface area contributed by atoms with Crippen LogP contribution >= 0.6 is 0 Å².